The molecule has 0 radical (unpaired) electrons. The zero-order valence-corrected chi connectivity index (χ0v) is 15.3. The molecule has 1 atom stereocenters. The number of amides is 2. The standard InChI is InChI=1S/C18H25N3O4/c1-6-25-18(24)16(11(2)3)12(4)20-21-17(23)14-7-9-15(10-8-14)19-13(5)22/h7-11,16H,6H2,1-5H3,(H,19,22)(H,21,23). The van der Waals surface area contributed by atoms with Gasteiger partial charge >= 0.3 is 5.97 Å². The van der Waals surface area contributed by atoms with Crippen molar-refractivity contribution in [2.75, 3.05) is 11.9 Å². The van der Waals surface area contributed by atoms with Gasteiger partial charge in [-0.25, -0.2) is 5.43 Å². The van der Waals surface area contributed by atoms with Crippen LogP contribution in [-0.4, -0.2) is 30.1 Å². The maximum absolute atomic E-state index is 12.1. The molecule has 0 heterocycles. The van der Waals surface area contributed by atoms with E-state index < -0.39 is 11.8 Å². The molecule has 7 nitrogen and oxygen atoms in total. The number of nitrogens with zero attached hydrogens (tertiary/aromatic N) is 1. The molecule has 136 valence electrons. The first-order valence-corrected chi connectivity index (χ1v) is 8.15. The molecule has 1 aromatic rings. The molecule has 0 bridgehead atoms. The molecule has 0 aliphatic rings. The lowest BCUT2D eigenvalue weighted by Gasteiger charge is -2.18. The Kier molecular flexibility index (Phi) is 7.78. The molecular weight excluding hydrogens is 322 g/mol. The van der Waals surface area contributed by atoms with Crippen LogP contribution in [0.15, 0.2) is 29.4 Å². The van der Waals surface area contributed by atoms with Crippen molar-refractivity contribution in [3.63, 3.8) is 0 Å². The van der Waals surface area contributed by atoms with Crippen LogP contribution in [0, 0.1) is 11.8 Å². The highest BCUT2D eigenvalue weighted by atomic mass is 16.5. The Labute approximate surface area is 147 Å². The van der Waals surface area contributed by atoms with Gasteiger partial charge in [-0.3, -0.25) is 14.4 Å². The number of hydrogen-bond acceptors (Lipinski definition) is 5. The predicted octanol–water partition coefficient (Wildman–Crippen LogP) is 2.59. The molecular formula is C18H25N3O4. The minimum absolute atomic E-state index is 0.00311. The maximum atomic E-state index is 12.1. The molecule has 25 heavy (non-hydrogen) atoms. The second-order valence-electron chi connectivity index (χ2n) is 5.93. The molecule has 0 aliphatic heterocycles. The third kappa shape index (κ3) is 6.37. The van der Waals surface area contributed by atoms with Crippen molar-refractivity contribution >= 4 is 29.2 Å². The van der Waals surface area contributed by atoms with E-state index in [2.05, 4.69) is 15.8 Å². The average molecular weight is 347 g/mol. The van der Waals surface area contributed by atoms with Crippen LogP contribution < -0.4 is 10.7 Å². The van der Waals surface area contributed by atoms with Crippen LogP contribution in [0.5, 0.6) is 0 Å². The minimum Gasteiger partial charge on any atom is -0.465 e. The van der Waals surface area contributed by atoms with Crippen molar-refractivity contribution in [3.05, 3.63) is 29.8 Å². The summed E-state index contributed by atoms with van der Waals surface area (Å²) in [5.74, 6) is -1.46. The van der Waals surface area contributed by atoms with E-state index in [0.717, 1.165) is 0 Å². The van der Waals surface area contributed by atoms with Crippen molar-refractivity contribution in [1.29, 1.82) is 0 Å². The number of hydrazone groups is 1. The van der Waals surface area contributed by atoms with Crippen molar-refractivity contribution in [2.24, 2.45) is 16.9 Å². The number of rotatable bonds is 7. The van der Waals surface area contributed by atoms with E-state index in [4.69, 9.17) is 4.74 Å². The summed E-state index contributed by atoms with van der Waals surface area (Å²) >= 11 is 0. The summed E-state index contributed by atoms with van der Waals surface area (Å²) in [7, 11) is 0. The third-order valence-electron chi connectivity index (χ3n) is 3.46. The topological polar surface area (TPSA) is 96.9 Å². The van der Waals surface area contributed by atoms with Gasteiger partial charge in [0.25, 0.3) is 5.91 Å². The summed E-state index contributed by atoms with van der Waals surface area (Å²) in [6, 6.07) is 6.41. The zero-order chi connectivity index (χ0) is 19.0. The van der Waals surface area contributed by atoms with Gasteiger partial charge in [-0.2, -0.15) is 5.10 Å². The number of benzene rings is 1. The molecule has 1 rings (SSSR count). The lowest BCUT2D eigenvalue weighted by molar-refractivity contribution is -0.146. The Morgan fingerprint density at radius 2 is 1.72 bits per heavy atom. The average Bonchev–Trinajstić information content (AvgIpc) is 2.52. The SMILES string of the molecule is CCOC(=O)C(C(C)=NNC(=O)c1ccc(NC(C)=O)cc1)C(C)C. The molecule has 0 fully saturated rings. The molecule has 0 spiro atoms. The van der Waals surface area contributed by atoms with Gasteiger partial charge in [0.1, 0.15) is 0 Å². The first-order valence-electron chi connectivity index (χ1n) is 8.15. The largest absolute Gasteiger partial charge is 0.465 e. The number of carbonyl (C=O) groups is 3. The van der Waals surface area contributed by atoms with Gasteiger partial charge in [0.05, 0.1) is 12.5 Å². The first kappa shape index (κ1) is 20.3. The zero-order valence-electron chi connectivity index (χ0n) is 15.3. The highest BCUT2D eigenvalue weighted by molar-refractivity contribution is 6.02. The Morgan fingerprint density at radius 3 is 2.20 bits per heavy atom. The van der Waals surface area contributed by atoms with E-state index in [1.165, 1.54) is 6.92 Å². The Bertz CT molecular complexity index is 651. The molecule has 0 saturated heterocycles. The van der Waals surface area contributed by atoms with E-state index in [-0.39, 0.29) is 17.8 Å². The van der Waals surface area contributed by atoms with E-state index in [1.807, 2.05) is 13.8 Å². The summed E-state index contributed by atoms with van der Waals surface area (Å²) in [5.41, 5.74) is 3.92. The number of ether oxygens (including phenoxy) is 1. The van der Waals surface area contributed by atoms with Gasteiger partial charge in [0.15, 0.2) is 0 Å². The smallest absolute Gasteiger partial charge is 0.314 e. The third-order valence-corrected chi connectivity index (χ3v) is 3.46. The summed E-state index contributed by atoms with van der Waals surface area (Å²) in [5, 5.41) is 6.67. The number of hydrogen-bond donors (Lipinski definition) is 2. The maximum Gasteiger partial charge on any atom is 0.314 e. The lowest BCUT2D eigenvalue weighted by atomic mass is 9.92. The molecule has 7 heteroatoms. The number of anilines is 1. The normalized spacial score (nSPS) is 12.5. The fraction of sp³-hybridized carbons (Fsp3) is 0.444. The highest BCUT2D eigenvalue weighted by Gasteiger charge is 2.26. The van der Waals surface area contributed by atoms with E-state index in [0.29, 0.717) is 23.6 Å². The van der Waals surface area contributed by atoms with Crippen LogP contribution in [0.25, 0.3) is 0 Å². The molecule has 1 unspecified atom stereocenters. The summed E-state index contributed by atoms with van der Waals surface area (Å²) in [6.45, 7) is 8.91. The molecule has 2 N–H and O–H groups in total. The minimum atomic E-state index is -0.512. The van der Waals surface area contributed by atoms with Crippen LogP contribution in [0.2, 0.25) is 0 Å². The predicted molar refractivity (Wildman–Crippen MR) is 96.3 cm³/mol. The summed E-state index contributed by atoms with van der Waals surface area (Å²) < 4.78 is 5.06. The Balaban J connectivity index is 2.79. The highest BCUT2D eigenvalue weighted by Crippen LogP contribution is 2.15. The lowest BCUT2D eigenvalue weighted by Crippen LogP contribution is -2.31. The van der Waals surface area contributed by atoms with Gasteiger partial charge in [0, 0.05) is 23.9 Å². The van der Waals surface area contributed by atoms with Gasteiger partial charge in [-0.1, -0.05) is 13.8 Å². The van der Waals surface area contributed by atoms with Gasteiger partial charge in [-0.15, -0.1) is 0 Å². The van der Waals surface area contributed by atoms with Crippen molar-refractivity contribution < 1.29 is 19.1 Å². The second-order valence-corrected chi connectivity index (χ2v) is 5.93. The van der Waals surface area contributed by atoms with Crippen LogP contribution in [0.3, 0.4) is 0 Å². The summed E-state index contributed by atoms with van der Waals surface area (Å²) in [6.07, 6.45) is 0. The van der Waals surface area contributed by atoms with Gasteiger partial charge < -0.3 is 10.1 Å². The second kappa shape index (κ2) is 9.56. The fourth-order valence-corrected chi connectivity index (χ4v) is 2.34. The van der Waals surface area contributed by atoms with Gasteiger partial charge in [0.2, 0.25) is 5.91 Å². The van der Waals surface area contributed by atoms with Crippen molar-refractivity contribution in [3.8, 4) is 0 Å². The fourth-order valence-electron chi connectivity index (χ4n) is 2.34. The molecule has 0 aromatic heterocycles. The molecule has 0 aliphatic carbocycles. The van der Waals surface area contributed by atoms with Crippen LogP contribution in [0.4, 0.5) is 5.69 Å². The Hall–Kier alpha value is -2.70. The molecule has 0 saturated carbocycles. The van der Waals surface area contributed by atoms with Crippen molar-refractivity contribution in [1.82, 2.24) is 5.43 Å². The van der Waals surface area contributed by atoms with Crippen LogP contribution >= 0.6 is 0 Å². The number of nitrogens with one attached hydrogen (secondary N) is 2. The van der Waals surface area contributed by atoms with Crippen LogP contribution in [0.1, 0.15) is 45.0 Å². The van der Waals surface area contributed by atoms with Crippen LogP contribution in [-0.2, 0) is 14.3 Å². The number of carbonyl (C=O) groups excluding carboxylic acids is 3. The van der Waals surface area contributed by atoms with Gasteiger partial charge in [-0.05, 0) is 44.0 Å². The van der Waals surface area contributed by atoms with Crippen molar-refractivity contribution in [2.45, 2.75) is 34.6 Å². The van der Waals surface area contributed by atoms with E-state index in [1.54, 1.807) is 38.1 Å². The molecule has 1 aromatic carbocycles. The summed E-state index contributed by atoms with van der Waals surface area (Å²) in [4.78, 5) is 35.1. The quantitative estimate of drug-likeness (QED) is 0.450. The monoisotopic (exact) mass is 347 g/mol. The Morgan fingerprint density at radius 1 is 1.12 bits per heavy atom. The molecule has 2 amide bonds. The van der Waals surface area contributed by atoms with E-state index >= 15 is 0 Å². The van der Waals surface area contributed by atoms with E-state index in [9.17, 15) is 14.4 Å². The first-order chi connectivity index (χ1) is 11.8. The number of esters is 1.